The monoisotopic (exact) mass is 232 g/mol. The molecule has 15 heavy (non-hydrogen) atoms. The highest BCUT2D eigenvalue weighted by Gasteiger charge is 2.18. The Balaban J connectivity index is 3.67. The molecule has 1 heterocycles. The third kappa shape index (κ3) is 1.94. The molecule has 1 rings (SSSR count). The molecule has 0 aliphatic carbocycles. The van der Waals surface area contributed by atoms with E-state index in [9.17, 15) is 14.4 Å². The van der Waals surface area contributed by atoms with E-state index in [0.29, 0.717) is 0 Å². The van der Waals surface area contributed by atoms with Gasteiger partial charge in [-0.3, -0.25) is 14.3 Å². The van der Waals surface area contributed by atoms with Gasteiger partial charge in [0.1, 0.15) is 5.02 Å². The van der Waals surface area contributed by atoms with Crippen molar-refractivity contribution in [3.8, 4) is 0 Å². The van der Waals surface area contributed by atoms with Crippen molar-refractivity contribution in [1.29, 1.82) is 0 Å². The van der Waals surface area contributed by atoms with Crippen molar-refractivity contribution in [2.24, 2.45) is 0 Å². The number of halogens is 1. The highest BCUT2D eigenvalue weighted by atomic mass is 35.5. The highest BCUT2D eigenvalue weighted by molar-refractivity contribution is 6.32. The maximum Gasteiger partial charge on any atom is 0.354 e. The van der Waals surface area contributed by atoms with Crippen molar-refractivity contribution >= 4 is 17.6 Å². The van der Waals surface area contributed by atoms with Gasteiger partial charge in [-0.25, -0.2) is 9.59 Å². The Bertz CT molecular complexity index is 514. The molecule has 0 radical (unpaired) electrons. The van der Waals surface area contributed by atoms with Crippen molar-refractivity contribution in [2.75, 3.05) is 0 Å². The number of hydrogen-bond acceptors (Lipinski definition) is 3. The van der Waals surface area contributed by atoms with Gasteiger partial charge >= 0.3 is 11.7 Å². The second kappa shape index (κ2) is 3.90. The number of nitrogens with zero attached hydrogens (tertiary/aromatic N) is 1. The fraction of sp³-hybridized carbons (Fsp3) is 0.375. The van der Waals surface area contributed by atoms with Crippen molar-refractivity contribution in [2.45, 2.75) is 19.9 Å². The van der Waals surface area contributed by atoms with Crippen LogP contribution < -0.4 is 11.2 Å². The van der Waals surface area contributed by atoms with Crippen molar-refractivity contribution in [3.05, 3.63) is 31.6 Å². The van der Waals surface area contributed by atoms with Crippen LogP contribution in [-0.2, 0) is 0 Å². The average Bonchev–Trinajstić information content (AvgIpc) is 2.10. The number of carboxylic acid groups (broad SMARTS) is 1. The molecule has 0 fully saturated rings. The molecule has 1 aromatic heterocycles. The van der Waals surface area contributed by atoms with E-state index in [1.54, 1.807) is 13.8 Å². The molecule has 7 heteroatoms. The van der Waals surface area contributed by atoms with Crippen LogP contribution in [0.2, 0.25) is 5.02 Å². The van der Waals surface area contributed by atoms with Gasteiger partial charge in [0, 0.05) is 6.04 Å². The van der Waals surface area contributed by atoms with E-state index >= 15 is 0 Å². The Kier molecular flexibility index (Phi) is 2.99. The number of carbonyl (C=O) groups is 1. The van der Waals surface area contributed by atoms with E-state index in [0.717, 1.165) is 4.57 Å². The van der Waals surface area contributed by atoms with Crippen molar-refractivity contribution in [1.82, 2.24) is 9.55 Å². The van der Waals surface area contributed by atoms with Crippen LogP contribution in [0.1, 0.15) is 30.4 Å². The summed E-state index contributed by atoms with van der Waals surface area (Å²) in [5.41, 5.74) is -2.16. The molecule has 0 unspecified atom stereocenters. The minimum Gasteiger partial charge on any atom is -0.477 e. The summed E-state index contributed by atoms with van der Waals surface area (Å²) in [5.74, 6) is -1.44. The second-order valence-electron chi connectivity index (χ2n) is 3.19. The number of rotatable bonds is 2. The third-order valence-electron chi connectivity index (χ3n) is 1.81. The van der Waals surface area contributed by atoms with Crippen LogP contribution in [0.5, 0.6) is 0 Å². The Morgan fingerprint density at radius 1 is 1.47 bits per heavy atom. The Hall–Kier alpha value is -1.56. The number of carboxylic acids is 1. The van der Waals surface area contributed by atoms with Crippen LogP contribution in [0.3, 0.4) is 0 Å². The molecular formula is C8H9ClN2O4. The lowest BCUT2D eigenvalue weighted by atomic mass is 10.3. The van der Waals surface area contributed by atoms with Crippen LogP contribution in [-0.4, -0.2) is 20.6 Å². The largest absolute Gasteiger partial charge is 0.477 e. The SMILES string of the molecule is CC(C)n1c(=O)[nH]c(C(=O)O)c(Cl)c1=O. The van der Waals surface area contributed by atoms with Gasteiger partial charge in [-0.15, -0.1) is 0 Å². The Morgan fingerprint density at radius 2 is 2.00 bits per heavy atom. The molecule has 0 aromatic carbocycles. The molecule has 0 amide bonds. The van der Waals surface area contributed by atoms with Crippen molar-refractivity contribution < 1.29 is 9.90 Å². The van der Waals surface area contributed by atoms with Gasteiger partial charge in [-0.1, -0.05) is 11.6 Å². The summed E-state index contributed by atoms with van der Waals surface area (Å²) in [6, 6.07) is -0.387. The van der Waals surface area contributed by atoms with Gasteiger partial charge in [0.25, 0.3) is 5.56 Å². The number of H-pyrrole nitrogens is 1. The zero-order valence-electron chi connectivity index (χ0n) is 8.07. The molecular weight excluding hydrogens is 224 g/mol. The van der Waals surface area contributed by atoms with Crippen LogP contribution in [0.4, 0.5) is 0 Å². The van der Waals surface area contributed by atoms with E-state index in [1.165, 1.54) is 0 Å². The second-order valence-corrected chi connectivity index (χ2v) is 3.57. The lowest BCUT2D eigenvalue weighted by Crippen LogP contribution is -2.38. The quantitative estimate of drug-likeness (QED) is 0.775. The molecule has 82 valence electrons. The standard InChI is InChI=1S/C8H9ClN2O4/c1-3(2)11-6(12)4(9)5(7(13)14)10-8(11)15/h3H,1-2H3,(H,10,15)(H,13,14). The molecule has 0 spiro atoms. The summed E-state index contributed by atoms with van der Waals surface area (Å²) in [4.78, 5) is 35.5. The summed E-state index contributed by atoms with van der Waals surface area (Å²) in [7, 11) is 0. The fourth-order valence-electron chi connectivity index (χ4n) is 1.14. The zero-order valence-corrected chi connectivity index (χ0v) is 8.83. The van der Waals surface area contributed by atoms with Gasteiger partial charge in [-0.2, -0.15) is 0 Å². The number of nitrogens with one attached hydrogen (secondary N) is 1. The van der Waals surface area contributed by atoms with Gasteiger partial charge in [0.05, 0.1) is 0 Å². The van der Waals surface area contributed by atoms with Gasteiger partial charge in [0.2, 0.25) is 0 Å². The molecule has 0 saturated carbocycles. The molecule has 1 aromatic rings. The van der Waals surface area contributed by atoms with Crippen LogP contribution in [0.25, 0.3) is 0 Å². The smallest absolute Gasteiger partial charge is 0.354 e. The first-order valence-corrected chi connectivity index (χ1v) is 4.51. The summed E-state index contributed by atoms with van der Waals surface area (Å²) in [6.07, 6.45) is 0. The molecule has 0 aliphatic heterocycles. The molecule has 0 aliphatic rings. The predicted molar refractivity (Wildman–Crippen MR) is 53.7 cm³/mol. The molecule has 0 atom stereocenters. The molecule has 0 saturated heterocycles. The number of aromatic nitrogens is 2. The van der Waals surface area contributed by atoms with Gasteiger partial charge in [-0.05, 0) is 13.8 Å². The summed E-state index contributed by atoms with van der Waals surface area (Å²) < 4.78 is 0.856. The third-order valence-corrected chi connectivity index (χ3v) is 2.16. The molecule has 2 N–H and O–H groups in total. The maximum absolute atomic E-state index is 11.5. The zero-order chi connectivity index (χ0) is 11.7. The Morgan fingerprint density at radius 3 is 2.40 bits per heavy atom. The van der Waals surface area contributed by atoms with E-state index in [4.69, 9.17) is 16.7 Å². The van der Waals surface area contributed by atoms with Gasteiger partial charge < -0.3 is 5.11 Å². The lowest BCUT2D eigenvalue weighted by Gasteiger charge is -2.09. The van der Waals surface area contributed by atoms with Gasteiger partial charge in [0.15, 0.2) is 5.69 Å². The summed E-state index contributed by atoms with van der Waals surface area (Å²) in [6.45, 7) is 3.24. The van der Waals surface area contributed by atoms with E-state index in [1.807, 2.05) is 4.98 Å². The predicted octanol–water partition coefficient (Wildman–Crippen LogP) is 0.469. The first kappa shape index (κ1) is 11.5. The minimum absolute atomic E-state index is 0.387. The summed E-state index contributed by atoms with van der Waals surface area (Å²) in [5, 5.41) is 8.15. The average molecular weight is 233 g/mol. The van der Waals surface area contributed by atoms with Crippen LogP contribution in [0.15, 0.2) is 9.59 Å². The minimum atomic E-state index is -1.44. The fourth-order valence-corrected chi connectivity index (χ4v) is 1.36. The number of aromatic amines is 1. The normalized spacial score (nSPS) is 10.7. The first-order chi connectivity index (χ1) is 6.86. The summed E-state index contributed by atoms with van der Waals surface area (Å²) >= 11 is 5.53. The van der Waals surface area contributed by atoms with E-state index < -0.39 is 27.9 Å². The molecule has 0 bridgehead atoms. The van der Waals surface area contributed by atoms with E-state index in [2.05, 4.69) is 0 Å². The lowest BCUT2D eigenvalue weighted by molar-refractivity contribution is 0.0689. The van der Waals surface area contributed by atoms with E-state index in [-0.39, 0.29) is 6.04 Å². The first-order valence-electron chi connectivity index (χ1n) is 4.14. The van der Waals surface area contributed by atoms with Crippen LogP contribution >= 0.6 is 11.6 Å². The topological polar surface area (TPSA) is 92.2 Å². The highest BCUT2D eigenvalue weighted by Crippen LogP contribution is 2.06. The maximum atomic E-state index is 11.5. The van der Waals surface area contributed by atoms with Crippen LogP contribution in [0, 0.1) is 0 Å². The molecule has 6 nitrogen and oxygen atoms in total. The Labute approximate surface area is 89.1 Å². The number of hydrogen-bond donors (Lipinski definition) is 2. The number of aromatic carboxylic acids is 1. The van der Waals surface area contributed by atoms with Crippen molar-refractivity contribution in [3.63, 3.8) is 0 Å².